The maximum atomic E-state index is 13.2. The first-order valence-electron chi connectivity index (χ1n) is 8.56. The van der Waals surface area contributed by atoms with Crippen molar-refractivity contribution in [2.75, 3.05) is 6.54 Å². The van der Waals surface area contributed by atoms with E-state index in [1.807, 2.05) is 10.7 Å². The van der Waals surface area contributed by atoms with Gasteiger partial charge in [-0.05, 0) is 29.8 Å². The van der Waals surface area contributed by atoms with Crippen molar-refractivity contribution in [1.82, 2.24) is 19.2 Å². The fourth-order valence-electron chi connectivity index (χ4n) is 3.13. The molecule has 27 heavy (non-hydrogen) atoms. The van der Waals surface area contributed by atoms with Crippen molar-refractivity contribution in [2.45, 2.75) is 19.7 Å². The maximum absolute atomic E-state index is 13.2. The molecule has 1 aliphatic heterocycles. The number of aromatic nitrogens is 3. The summed E-state index contributed by atoms with van der Waals surface area (Å²) in [5, 5.41) is 4.93. The van der Waals surface area contributed by atoms with Crippen LogP contribution in [0.5, 0.6) is 5.88 Å². The summed E-state index contributed by atoms with van der Waals surface area (Å²) in [4.78, 5) is 14.5. The smallest absolute Gasteiger partial charge is 0.270 e. The first-order valence-corrected chi connectivity index (χ1v) is 8.93. The van der Waals surface area contributed by atoms with E-state index in [1.165, 1.54) is 12.1 Å². The lowest BCUT2D eigenvalue weighted by Gasteiger charge is -2.27. The number of ether oxygens (including phenoxy) is 1. The number of amides is 1. The standard InChI is InChI=1S/C19H18ClFN4O2/c1-23-16(5-6-17(23)20)19(26)24-7-8-25-15(11-24)10-18(22-25)27-12-13-3-2-4-14(21)9-13/h2-6,9-10H,7-8,11-12H2,1H3. The summed E-state index contributed by atoms with van der Waals surface area (Å²) in [5.74, 6) is 0.0970. The Bertz CT molecular complexity index is 998. The summed E-state index contributed by atoms with van der Waals surface area (Å²) >= 11 is 6.03. The van der Waals surface area contributed by atoms with Crippen LogP contribution in [0.3, 0.4) is 0 Å². The van der Waals surface area contributed by atoms with Crippen LogP contribution in [0.2, 0.25) is 5.15 Å². The van der Waals surface area contributed by atoms with Gasteiger partial charge in [0.2, 0.25) is 5.88 Å². The Balaban J connectivity index is 1.44. The van der Waals surface area contributed by atoms with Crippen molar-refractivity contribution in [3.8, 4) is 5.88 Å². The monoisotopic (exact) mass is 388 g/mol. The lowest BCUT2D eigenvalue weighted by molar-refractivity contribution is 0.0696. The van der Waals surface area contributed by atoms with E-state index in [0.717, 1.165) is 11.3 Å². The summed E-state index contributed by atoms with van der Waals surface area (Å²) < 4.78 is 22.4. The molecule has 6 nitrogen and oxygen atoms in total. The molecular weight excluding hydrogens is 371 g/mol. The van der Waals surface area contributed by atoms with Crippen LogP contribution in [0, 0.1) is 5.82 Å². The van der Waals surface area contributed by atoms with Crippen molar-refractivity contribution in [2.24, 2.45) is 7.05 Å². The summed E-state index contributed by atoms with van der Waals surface area (Å²) in [6.45, 7) is 1.82. The average molecular weight is 389 g/mol. The van der Waals surface area contributed by atoms with Gasteiger partial charge in [-0.1, -0.05) is 23.7 Å². The Morgan fingerprint density at radius 3 is 2.85 bits per heavy atom. The number of hydrogen-bond donors (Lipinski definition) is 0. The van der Waals surface area contributed by atoms with Crippen LogP contribution in [0.25, 0.3) is 0 Å². The molecule has 140 valence electrons. The molecule has 0 saturated carbocycles. The summed E-state index contributed by atoms with van der Waals surface area (Å²) in [5.41, 5.74) is 2.18. The van der Waals surface area contributed by atoms with Crippen molar-refractivity contribution < 1.29 is 13.9 Å². The minimum atomic E-state index is -0.296. The molecule has 1 aromatic carbocycles. The van der Waals surface area contributed by atoms with E-state index in [1.54, 1.807) is 40.8 Å². The number of fused-ring (bicyclic) bond motifs is 1. The molecule has 0 spiro atoms. The maximum Gasteiger partial charge on any atom is 0.270 e. The molecule has 0 atom stereocenters. The summed E-state index contributed by atoms with van der Waals surface area (Å²) in [6.07, 6.45) is 0. The second-order valence-electron chi connectivity index (χ2n) is 6.44. The minimum Gasteiger partial charge on any atom is -0.472 e. The molecule has 0 bridgehead atoms. The topological polar surface area (TPSA) is 52.3 Å². The van der Waals surface area contributed by atoms with Crippen LogP contribution in [0.15, 0.2) is 42.5 Å². The van der Waals surface area contributed by atoms with Crippen LogP contribution in [0.1, 0.15) is 21.7 Å². The Morgan fingerprint density at radius 1 is 1.26 bits per heavy atom. The molecule has 0 radical (unpaired) electrons. The first kappa shape index (κ1) is 17.6. The first-order chi connectivity index (χ1) is 13.0. The third kappa shape index (κ3) is 3.55. The van der Waals surface area contributed by atoms with E-state index in [-0.39, 0.29) is 18.3 Å². The zero-order valence-corrected chi connectivity index (χ0v) is 15.5. The quantitative estimate of drug-likeness (QED) is 0.689. The minimum absolute atomic E-state index is 0.0703. The van der Waals surface area contributed by atoms with Crippen LogP contribution < -0.4 is 4.74 Å². The predicted octanol–water partition coefficient (Wildman–Crippen LogP) is 3.25. The highest BCUT2D eigenvalue weighted by molar-refractivity contribution is 6.30. The lowest BCUT2D eigenvalue weighted by Crippen LogP contribution is -2.39. The molecule has 0 saturated heterocycles. The predicted molar refractivity (Wildman–Crippen MR) is 98.1 cm³/mol. The van der Waals surface area contributed by atoms with Crippen molar-refractivity contribution in [3.05, 3.63) is 70.4 Å². The third-order valence-corrected chi connectivity index (χ3v) is 5.00. The molecule has 0 unspecified atom stereocenters. The highest BCUT2D eigenvalue weighted by Gasteiger charge is 2.25. The second-order valence-corrected chi connectivity index (χ2v) is 6.83. The number of benzene rings is 1. The SMILES string of the molecule is Cn1c(Cl)ccc1C(=O)N1CCn2nc(OCc3cccc(F)c3)cc2C1. The lowest BCUT2D eigenvalue weighted by atomic mass is 10.2. The Morgan fingerprint density at radius 2 is 2.11 bits per heavy atom. The van der Waals surface area contributed by atoms with E-state index in [4.69, 9.17) is 16.3 Å². The van der Waals surface area contributed by atoms with Crippen LogP contribution in [-0.2, 0) is 26.7 Å². The normalized spacial score (nSPS) is 13.5. The molecule has 1 aliphatic rings. The zero-order chi connectivity index (χ0) is 19.0. The largest absolute Gasteiger partial charge is 0.472 e. The zero-order valence-electron chi connectivity index (χ0n) is 14.7. The Kier molecular flexibility index (Phi) is 4.61. The average Bonchev–Trinajstić information content (AvgIpc) is 3.22. The van der Waals surface area contributed by atoms with Gasteiger partial charge in [-0.3, -0.25) is 9.48 Å². The van der Waals surface area contributed by atoms with Gasteiger partial charge in [0.1, 0.15) is 23.3 Å². The second kappa shape index (κ2) is 7.08. The molecule has 1 amide bonds. The fraction of sp³-hybridized carbons (Fsp3) is 0.263. The van der Waals surface area contributed by atoms with Gasteiger partial charge in [-0.2, -0.15) is 0 Å². The van der Waals surface area contributed by atoms with Crippen molar-refractivity contribution in [1.29, 1.82) is 0 Å². The molecule has 0 aliphatic carbocycles. The van der Waals surface area contributed by atoms with Crippen LogP contribution >= 0.6 is 11.6 Å². The van der Waals surface area contributed by atoms with Gasteiger partial charge in [0.05, 0.1) is 18.8 Å². The molecule has 0 N–H and O–H groups in total. The molecule has 4 rings (SSSR count). The Hall–Kier alpha value is -2.80. The van der Waals surface area contributed by atoms with Gasteiger partial charge in [0, 0.05) is 19.7 Å². The van der Waals surface area contributed by atoms with E-state index >= 15 is 0 Å². The highest BCUT2D eigenvalue weighted by Crippen LogP contribution is 2.22. The van der Waals surface area contributed by atoms with Crippen LogP contribution in [-0.4, -0.2) is 31.7 Å². The fourth-order valence-corrected chi connectivity index (χ4v) is 3.29. The number of hydrogen-bond acceptors (Lipinski definition) is 3. The number of carbonyl (C=O) groups excluding carboxylic acids is 1. The van der Waals surface area contributed by atoms with Crippen molar-refractivity contribution in [3.63, 3.8) is 0 Å². The van der Waals surface area contributed by atoms with Gasteiger partial charge < -0.3 is 14.2 Å². The molecule has 3 heterocycles. The van der Waals surface area contributed by atoms with Gasteiger partial charge in [-0.25, -0.2) is 4.39 Å². The number of nitrogens with zero attached hydrogens (tertiary/aromatic N) is 4. The van der Waals surface area contributed by atoms with Gasteiger partial charge in [-0.15, -0.1) is 5.10 Å². The number of halogens is 2. The summed E-state index contributed by atoms with van der Waals surface area (Å²) in [6, 6.07) is 11.5. The molecular formula is C19H18ClFN4O2. The van der Waals surface area contributed by atoms with Gasteiger partial charge in [0.15, 0.2) is 0 Å². The van der Waals surface area contributed by atoms with E-state index < -0.39 is 0 Å². The van der Waals surface area contributed by atoms with E-state index in [0.29, 0.717) is 36.4 Å². The molecule has 3 aromatic rings. The molecule has 0 fully saturated rings. The third-order valence-electron chi connectivity index (χ3n) is 4.62. The summed E-state index contributed by atoms with van der Waals surface area (Å²) in [7, 11) is 1.77. The molecule has 2 aromatic heterocycles. The van der Waals surface area contributed by atoms with E-state index in [2.05, 4.69) is 5.10 Å². The Labute approximate surface area is 160 Å². The highest BCUT2D eigenvalue weighted by atomic mass is 35.5. The molecule has 8 heteroatoms. The number of carbonyl (C=O) groups is 1. The van der Waals surface area contributed by atoms with Crippen molar-refractivity contribution >= 4 is 17.5 Å². The van der Waals surface area contributed by atoms with E-state index in [9.17, 15) is 9.18 Å². The van der Waals surface area contributed by atoms with Crippen LogP contribution in [0.4, 0.5) is 4.39 Å². The number of rotatable bonds is 4. The van der Waals surface area contributed by atoms with Gasteiger partial charge >= 0.3 is 0 Å². The van der Waals surface area contributed by atoms with Gasteiger partial charge in [0.25, 0.3) is 5.91 Å².